The highest BCUT2D eigenvalue weighted by Gasteiger charge is 2.36. The highest BCUT2D eigenvalue weighted by molar-refractivity contribution is 5.50. The molecule has 0 fully saturated rings. The maximum atomic E-state index is 6.07. The summed E-state index contributed by atoms with van der Waals surface area (Å²) in [6.07, 6.45) is 0.952. The topological polar surface area (TPSA) is 52.0 Å². The molecular weight excluding hydrogens is 160 g/mol. The van der Waals surface area contributed by atoms with Crippen LogP contribution in [0.4, 0.5) is 5.69 Å². The van der Waals surface area contributed by atoms with E-state index in [9.17, 15) is 0 Å². The van der Waals surface area contributed by atoms with Gasteiger partial charge in [-0.2, -0.15) is 0 Å². The monoisotopic (exact) mass is 176 g/mol. The van der Waals surface area contributed by atoms with Crippen molar-refractivity contribution >= 4 is 5.69 Å². The van der Waals surface area contributed by atoms with Crippen molar-refractivity contribution < 1.29 is 0 Å². The molecule has 1 aromatic rings. The van der Waals surface area contributed by atoms with E-state index < -0.39 is 0 Å². The summed E-state index contributed by atoms with van der Waals surface area (Å²) >= 11 is 0. The Hall–Kier alpha value is -1.02. The quantitative estimate of drug-likeness (QED) is 0.587. The van der Waals surface area contributed by atoms with Crippen molar-refractivity contribution in [3.8, 4) is 0 Å². The maximum absolute atomic E-state index is 6.07. The zero-order valence-corrected chi connectivity index (χ0v) is 8.17. The Labute approximate surface area is 78.9 Å². The number of hydrogen-bond donors (Lipinski definition) is 2. The normalized spacial score (nSPS) is 24.4. The van der Waals surface area contributed by atoms with Gasteiger partial charge in [0.25, 0.3) is 0 Å². The van der Waals surface area contributed by atoms with Gasteiger partial charge in [0.05, 0.1) is 0 Å². The van der Waals surface area contributed by atoms with Crippen molar-refractivity contribution in [1.29, 1.82) is 0 Å². The van der Waals surface area contributed by atoms with Crippen LogP contribution in [-0.4, -0.2) is 6.04 Å². The third kappa shape index (κ3) is 1.13. The van der Waals surface area contributed by atoms with Crippen LogP contribution >= 0.6 is 0 Å². The molecule has 0 heterocycles. The smallest absolute Gasteiger partial charge is 0.0316 e. The lowest BCUT2D eigenvalue weighted by molar-refractivity contribution is 0.445. The fourth-order valence-corrected chi connectivity index (χ4v) is 2.10. The molecule has 1 atom stereocenters. The molecule has 0 aromatic heterocycles. The van der Waals surface area contributed by atoms with Gasteiger partial charge in [-0.25, -0.2) is 0 Å². The number of nitrogen functional groups attached to an aromatic ring is 1. The first-order valence-corrected chi connectivity index (χ1v) is 4.66. The first-order valence-electron chi connectivity index (χ1n) is 4.66. The van der Waals surface area contributed by atoms with Crippen molar-refractivity contribution in [2.24, 2.45) is 5.73 Å². The van der Waals surface area contributed by atoms with E-state index in [1.54, 1.807) is 0 Å². The highest BCUT2D eigenvalue weighted by Crippen LogP contribution is 2.38. The van der Waals surface area contributed by atoms with E-state index in [1.165, 1.54) is 11.1 Å². The lowest BCUT2D eigenvalue weighted by Crippen LogP contribution is -2.36. The van der Waals surface area contributed by atoms with Gasteiger partial charge in [-0.3, -0.25) is 0 Å². The number of hydrogen-bond acceptors (Lipinski definition) is 2. The van der Waals surface area contributed by atoms with Crippen molar-refractivity contribution in [1.82, 2.24) is 0 Å². The molecule has 0 spiro atoms. The molecule has 0 radical (unpaired) electrons. The summed E-state index contributed by atoms with van der Waals surface area (Å²) < 4.78 is 0. The van der Waals surface area contributed by atoms with Crippen LogP contribution in [0, 0.1) is 0 Å². The molecule has 0 saturated carbocycles. The third-order valence-corrected chi connectivity index (χ3v) is 3.19. The Morgan fingerprint density at radius 3 is 2.77 bits per heavy atom. The van der Waals surface area contributed by atoms with Gasteiger partial charge in [-0.1, -0.05) is 19.9 Å². The van der Waals surface area contributed by atoms with E-state index in [4.69, 9.17) is 11.5 Å². The SMILES string of the molecule is CC1(C)c2ccc(N)cc2CC1N. The average Bonchev–Trinajstić information content (AvgIpc) is 2.23. The number of fused-ring (bicyclic) bond motifs is 1. The fraction of sp³-hybridized carbons (Fsp3) is 0.455. The highest BCUT2D eigenvalue weighted by atomic mass is 14.7. The Morgan fingerprint density at radius 2 is 2.08 bits per heavy atom. The van der Waals surface area contributed by atoms with Crippen LogP contribution in [0.25, 0.3) is 0 Å². The van der Waals surface area contributed by atoms with Crippen molar-refractivity contribution in [2.45, 2.75) is 31.7 Å². The van der Waals surface area contributed by atoms with Crippen LogP contribution in [0.2, 0.25) is 0 Å². The van der Waals surface area contributed by atoms with Gasteiger partial charge in [0.1, 0.15) is 0 Å². The van der Waals surface area contributed by atoms with E-state index in [-0.39, 0.29) is 11.5 Å². The van der Waals surface area contributed by atoms with Crippen molar-refractivity contribution in [3.63, 3.8) is 0 Å². The van der Waals surface area contributed by atoms with Gasteiger partial charge in [-0.05, 0) is 29.7 Å². The number of nitrogens with two attached hydrogens (primary N) is 2. The molecule has 2 heteroatoms. The summed E-state index contributed by atoms with van der Waals surface area (Å²) in [4.78, 5) is 0. The molecule has 0 saturated heterocycles. The zero-order chi connectivity index (χ0) is 9.64. The van der Waals surface area contributed by atoms with Crippen LogP contribution in [0.3, 0.4) is 0 Å². The fourth-order valence-electron chi connectivity index (χ4n) is 2.10. The molecule has 2 rings (SSSR count). The van der Waals surface area contributed by atoms with Crippen LogP contribution in [0.5, 0.6) is 0 Å². The summed E-state index contributed by atoms with van der Waals surface area (Å²) in [7, 11) is 0. The van der Waals surface area contributed by atoms with Crippen molar-refractivity contribution in [2.75, 3.05) is 5.73 Å². The first kappa shape index (κ1) is 8.57. The second kappa shape index (κ2) is 2.48. The lowest BCUT2D eigenvalue weighted by Gasteiger charge is -2.24. The summed E-state index contributed by atoms with van der Waals surface area (Å²) in [5, 5.41) is 0. The molecule has 4 N–H and O–H groups in total. The molecular formula is C11H16N2. The van der Waals surface area contributed by atoms with Gasteiger partial charge in [0.15, 0.2) is 0 Å². The molecule has 1 unspecified atom stereocenters. The number of anilines is 1. The predicted molar refractivity (Wildman–Crippen MR) is 55.6 cm³/mol. The first-order chi connectivity index (χ1) is 6.01. The Kier molecular flexibility index (Phi) is 1.64. The second-order valence-corrected chi connectivity index (χ2v) is 4.45. The van der Waals surface area contributed by atoms with E-state index in [2.05, 4.69) is 19.9 Å². The van der Waals surface area contributed by atoms with Gasteiger partial charge in [-0.15, -0.1) is 0 Å². The molecule has 0 bridgehead atoms. The molecule has 13 heavy (non-hydrogen) atoms. The maximum Gasteiger partial charge on any atom is 0.0316 e. The van der Waals surface area contributed by atoms with Crippen molar-refractivity contribution in [3.05, 3.63) is 29.3 Å². The zero-order valence-electron chi connectivity index (χ0n) is 8.17. The van der Waals surface area contributed by atoms with Crippen LogP contribution in [0.1, 0.15) is 25.0 Å². The molecule has 2 nitrogen and oxygen atoms in total. The number of benzene rings is 1. The number of rotatable bonds is 0. The molecule has 1 aliphatic carbocycles. The average molecular weight is 176 g/mol. The standard InChI is InChI=1S/C11H16N2/c1-11(2)9-4-3-8(12)5-7(9)6-10(11)13/h3-5,10H,6,12-13H2,1-2H3. The minimum Gasteiger partial charge on any atom is -0.399 e. The van der Waals surface area contributed by atoms with Gasteiger partial charge in [0, 0.05) is 17.1 Å². The van der Waals surface area contributed by atoms with Crippen LogP contribution in [0.15, 0.2) is 18.2 Å². The lowest BCUT2D eigenvalue weighted by atomic mass is 9.83. The van der Waals surface area contributed by atoms with Crippen LogP contribution < -0.4 is 11.5 Å². The van der Waals surface area contributed by atoms with Gasteiger partial charge < -0.3 is 11.5 Å². The van der Waals surface area contributed by atoms with E-state index in [0.717, 1.165) is 12.1 Å². The second-order valence-electron chi connectivity index (χ2n) is 4.45. The van der Waals surface area contributed by atoms with E-state index >= 15 is 0 Å². The molecule has 70 valence electrons. The summed E-state index contributed by atoms with van der Waals surface area (Å²) in [6, 6.07) is 6.34. The Morgan fingerprint density at radius 1 is 1.38 bits per heavy atom. The van der Waals surface area contributed by atoms with Crippen LogP contribution in [-0.2, 0) is 11.8 Å². The minimum absolute atomic E-state index is 0.100. The molecule has 1 aliphatic rings. The van der Waals surface area contributed by atoms with Gasteiger partial charge >= 0.3 is 0 Å². The van der Waals surface area contributed by atoms with E-state index in [0.29, 0.717) is 0 Å². The predicted octanol–water partition coefficient (Wildman–Crippen LogP) is 1.43. The molecule has 0 amide bonds. The Bertz CT molecular complexity index is 342. The largest absolute Gasteiger partial charge is 0.399 e. The molecule has 1 aromatic carbocycles. The van der Waals surface area contributed by atoms with E-state index in [1.807, 2.05) is 12.1 Å². The van der Waals surface area contributed by atoms with Gasteiger partial charge in [0.2, 0.25) is 0 Å². The summed E-state index contributed by atoms with van der Waals surface area (Å²) in [6.45, 7) is 4.39. The Balaban J connectivity index is 2.55. The summed E-state index contributed by atoms with van der Waals surface area (Å²) in [5.41, 5.74) is 15.4. The minimum atomic E-state index is 0.100. The third-order valence-electron chi connectivity index (χ3n) is 3.19. The summed E-state index contributed by atoms with van der Waals surface area (Å²) in [5.74, 6) is 0. The molecule has 0 aliphatic heterocycles.